The largest absolute Gasteiger partial charge is 0.372 e. The summed E-state index contributed by atoms with van der Waals surface area (Å²) in [5.74, 6) is 0. The fourth-order valence-electron chi connectivity index (χ4n) is 1.19. The van der Waals surface area contributed by atoms with E-state index in [1.165, 1.54) is 11.1 Å². The van der Waals surface area contributed by atoms with Crippen LogP contribution in [0.25, 0.3) is 0 Å². The van der Waals surface area contributed by atoms with E-state index in [0.717, 1.165) is 18.7 Å². The summed E-state index contributed by atoms with van der Waals surface area (Å²) in [5.41, 5.74) is 3.33. The molecule has 0 spiro atoms. The maximum Gasteiger partial charge on any atom is 0.113 e. The van der Waals surface area contributed by atoms with Gasteiger partial charge in [0.25, 0.3) is 0 Å². The van der Waals surface area contributed by atoms with Gasteiger partial charge >= 0.3 is 0 Å². The van der Waals surface area contributed by atoms with Crippen LogP contribution in [-0.2, 0) is 18.0 Å². The van der Waals surface area contributed by atoms with Crippen LogP contribution in [0.2, 0.25) is 0 Å². The highest BCUT2D eigenvalue weighted by Crippen LogP contribution is 2.16. The van der Waals surface area contributed by atoms with E-state index in [0.29, 0.717) is 0 Å². The highest BCUT2D eigenvalue weighted by Gasteiger charge is 2.08. The Hall–Kier alpha value is -0.755. The summed E-state index contributed by atoms with van der Waals surface area (Å²) in [7, 11) is 5.58. The maximum atomic E-state index is 5.58. The molecular formula is C8H7BO. The zero-order valence-electron chi connectivity index (χ0n) is 5.63. The summed E-state index contributed by atoms with van der Waals surface area (Å²) in [6.45, 7) is 1.47. The van der Waals surface area contributed by atoms with Crippen LogP contribution in [0.15, 0.2) is 18.2 Å². The van der Waals surface area contributed by atoms with Gasteiger partial charge in [-0.1, -0.05) is 23.7 Å². The van der Waals surface area contributed by atoms with Crippen molar-refractivity contribution < 1.29 is 4.74 Å². The topological polar surface area (TPSA) is 9.23 Å². The van der Waals surface area contributed by atoms with Crippen LogP contribution in [0.5, 0.6) is 0 Å². The van der Waals surface area contributed by atoms with Gasteiger partial charge in [-0.25, -0.2) is 0 Å². The van der Waals surface area contributed by atoms with Crippen LogP contribution in [0.3, 0.4) is 0 Å². The van der Waals surface area contributed by atoms with Gasteiger partial charge in [0, 0.05) is 0 Å². The molecule has 48 valence electrons. The third-order valence-electron chi connectivity index (χ3n) is 1.75. The number of benzene rings is 1. The Kier molecular flexibility index (Phi) is 1.28. The first-order chi connectivity index (χ1) is 4.86. The van der Waals surface area contributed by atoms with E-state index in [-0.39, 0.29) is 0 Å². The molecule has 1 aliphatic heterocycles. The van der Waals surface area contributed by atoms with Crippen LogP contribution < -0.4 is 5.46 Å². The van der Waals surface area contributed by atoms with E-state index in [1.807, 2.05) is 18.2 Å². The van der Waals surface area contributed by atoms with Crippen LogP contribution in [-0.4, -0.2) is 7.85 Å². The SMILES string of the molecule is [B]c1ccc2c(c1)COC2. The molecule has 0 aromatic heterocycles. The van der Waals surface area contributed by atoms with Crippen molar-refractivity contribution in [2.24, 2.45) is 0 Å². The third-order valence-corrected chi connectivity index (χ3v) is 1.75. The minimum atomic E-state index is 0.723. The summed E-state index contributed by atoms with van der Waals surface area (Å²) in [5, 5.41) is 0. The summed E-state index contributed by atoms with van der Waals surface area (Å²) in [4.78, 5) is 0. The molecule has 0 aliphatic carbocycles. The van der Waals surface area contributed by atoms with Gasteiger partial charge in [-0.15, -0.1) is 0 Å². The molecule has 2 rings (SSSR count). The van der Waals surface area contributed by atoms with Crippen LogP contribution >= 0.6 is 0 Å². The zero-order chi connectivity index (χ0) is 6.97. The molecule has 0 amide bonds. The second-order valence-corrected chi connectivity index (χ2v) is 2.52. The minimum Gasteiger partial charge on any atom is -0.372 e. The molecule has 0 bridgehead atoms. The van der Waals surface area contributed by atoms with Gasteiger partial charge in [0.15, 0.2) is 0 Å². The average molecular weight is 130 g/mol. The lowest BCUT2D eigenvalue weighted by atomic mass is 9.93. The van der Waals surface area contributed by atoms with Crippen LogP contribution in [0, 0.1) is 0 Å². The Labute approximate surface area is 61.4 Å². The standard InChI is InChI=1S/C8H7BO/c9-8-2-1-6-4-10-5-7(6)3-8/h1-3H,4-5H2. The van der Waals surface area contributed by atoms with Gasteiger partial charge in [0.1, 0.15) is 7.85 Å². The van der Waals surface area contributed by atoms with Gasteiger partial charge in [-0.3, -0.25) is 0 Å². The van der Waals surface area contributed by atoms with E-state index >= 15 is 0 Å². The summed E-state index contributed by atoms with van der Waals surface area (Å²) in [6.07, 6.45) is 0. The first-order valence-corrected chi connectivity index (χ1v) is 3.31. The number of rotatable bonds is 0. The van der Waals surface area contributed by atoms with E-state index in [9.17, 15) is 0 Å². The van der Waals surface area contributed by atoms with Crippen molar-refractivity contribution in [2.75, 3.05) is 0 Å². The Balaban J connectivity index is 2.52. The molecule has 1 aliphatic rings. The predicted molar refractivity (Wildman–Crippen MR) is 40.3 cm³/mol. The van der Waals surface area contributed by atoms with E-state index in [2.05, 4.69) is 0 Å². The first kappa shape index (κ1) is 5.99. The fourth-order valence-corrected chi connectivity index (χ4v) is 1.19. The number of hydrogen-bond donors (Lipinski definition) is 0. The molecule has 1 heterocycles. The van der Waals surface area contributed by atoms with Crippen molar-refractivity contribution >= 4 is 13.3 Å². The van der Waals surface area contributed by atoms with Gasteiger partial charge < -0.3 is 4.74 Å². The smallest absolute Gasteiger partial charge is 0.113 e. The molecule has 0 fully saturated rings. The quantitative estimate of drug-likeness (QED) is 0.465. The Morgan fingerprint density at radius 2 is 2.00 bits per heavy atom. The molecule has 0 unspecified atom stereocenters. The lowest BCUT2D eigenvalue weighted by molar-refractivity contribution is 0.134. The molecule has 10 heavy (non-hydrogen) atoms. The highest BCUT2D eigenvalue weighted by molar-refractivity contribution is 6.32. The molecule has 0 saturated heterocycles. The van der Waals surface area contributed by atoms with Gasteiger partial charge in [0.05, 0.1) is 13.2 Å². The summed E-state index contributed by atoms with van der Waals surface area (Å²) < 4.78 is 5.21. The van der Waals surface area contributed by atoms with E-state index in [4.69, 9.17) is 12.6 Å². The monoisotopic (exact) mass is 130 g/mol. The summed E-state index contributed by atoms with van der Waals surface area (Å²) in [6, 6.07) is 5.91. The Bertz CT molecular complexity index is 257. The highest BCUT2D eigenvalue weighted by atomic mass is 16.5. The van der Waals surface area contributed by atoms with Gasteiger partial charge in [-0.2, -0.15) is 0 Å². The second-order valence-electron chi connectivity index (χ2n) is 2.52. The fraction of sp³-hybridized carbons (Fsp3) is 0.250. The van der Waals surface area contributed by atoms with Gasteiger partial charge in [-0.05, 0) is 11.1 Å². The van der Waals surface area contributed by atoms with Crippen LogP contribution in [0.1, 0.15) is 11.1 Å². The molecule has 2 radical (unpaired) electrons. The molecule has 2 heteroatoms. The molecule has 1 nitrogen and oxygen atoms in total. The first-order valence-electron chi connectivity index (χ1n) is 3.31. The number of fused-ring (bicyclic) bond motifs is 1. The number of hydrogen-bond acceptors (Lipinski definition) is 1. The normalized spacial score (nSPS) is 15.2. The van der Waals surface area contributed by atoms with E-state index in [1.54, 1.807) is 0 Å². The van der Waals surface area contributed by atoms with Crippen molar-refractivity contribution in [3.8, 4) is 0 Å². The maximum absolute atomic E-state index is 5.58. The molecule has 0 N–H and O–H groups in total. The lowest BCUT2D eigenvalue weighted by Crippen LogP contribution is -2.02. The van der Waals surface area contributed by atoms with E-state index < -0.39 is 0 Å². The van der Waals surface area contributed by atoms with Crippen LogP contribution in [0.4, 0.5) is 0 Å². The zero-order valence-corrected chi connectivity index (χ0v) is 5.63. The van der Waals surface area contributed by atoms with Crippen molar-refractivity contribution in [2.45, 2.75) is 13.2 Å². The van der Waals surface area contributed by atoms with Crippen molar-refractivity contribution in [3.05, 3.63) is 29.3 Å². The Morgan fingerprint density at radius 1 is 1.20 bits per heavy atom. The number of ether oxygens (including phenoxy) is 1. The molecule has 0 saturated carbocycles. The Morgan fingerprint density at radius 3 is 2.90 bits per heavy atom. The predicted octanol–water partition coefficient (Wildman–Crippen LogP) is 0.511. The molecule has 0 atom stereocenters. The molecule has 1 aromatic rings. The third kappa shape index (κ3) is 0.849. The lowest BCUT2D eigenvalue weighted by Gasteiger charge is -1.96. The van der Waals surface area contributed by atoms with Crippen molar-refractivity contribution in [1.82, 2.24) is 0 Å². The second kappa shape index (κ2) is 2.13. The molecule has 1 aromatic carbocycles. The van der Waals surface area contributed by atoms with Crippen molar-refractivity contribution in [1.29, 1.82) is 0 Å². The minimum absolute atomic E-state index is 0.723. The molecular weight excluding hydrogens is 123 g/mol. The summed E-state index contributed by atoms with van der Waals surface area (Å²) >= 11 is 0. The van der Waals surface area contributed by atoms with Crippen molar-refractivity contribution in [3.63, 3.8) is 0 Å². The van der Waals surface area contributed by atoms with Gasteiger partial charge in [0.2, 0.25) is 0 Å². The average Bonchev–Trinajstić information content (AvgIpc) is 2.33.